The minimum atomic E-state index is -4.45. The molecule has 4 rings (SSSR count). The van der Waals surface area contributed by atoms with Crippen LogP contribution in [0, 0.1) is 0 Å². The van der Waals surface area contributed by atoms with Crippen LogP contribution in [0.4, 0.5) is 19.0 Å². The van der Waals surface area contributed by atoms with Gasteiger partial charge in [0.05, 0.1) is 11.6 Å². The molecule has 0 N–H and O–H groups in total. The Bertz CT molecular complexity index is 860. The Kier molecular flexibility index (Phi) is 5.47. The van der Waals surface area contributed by atoms with Crippen molar-refractivity contribution in [1.29, 1.82) is 0 Å². The van der Waals surface area contributed by atoms with Gasteiger partial charge in [0.1, 0.15) is 5.82 Å². The van der Waals surface area contributed by atoms with Gasteiger partial charge in [-0.2, -0.15) is 18.3 Å². The lowest BCUT2D eigenvalue weighted by atomic mass is 10.0. The van der Waals surface area contributed by atoms with E-state index < -0.39 is 11.9 Å². The maximum absolute atomic E-state index is 13.0. The number of anilines is 1. The highest BCUT2D eigenvalue weighted by atomic mass is 19.4. The van der Waals surface area contributed by atoms with Crippen molar-refractivity contribution in [2.24, 2.45) is 0 Å². The number of amides is 1. The van der Waals surface area contributed by atoms with E-state index in [9.17, 15) is 18.0 Å². The first-order valence-corrected chi connectivity index (χ1v) is 10.0. The van der Waals surface area contributed by atoms with Crippen LogP contribution in [0.1, 0.15) is 54.2 Å². The summed E-state index contributed by atoms with van der Waals surface area (Å²) in [4.78, 5) is 21.4. The molecule has 29 heavy (non-hydrogen) atoms. The summed E-state index contributed by atoms with van der Waals surface area (Å²) in [6.45, 7) is 2.68. The Hall–Kier alpha value is -2.58. The van der Waals surface area contributed by atoms with Crippen LogP contribution >= 0.6 is 0 Å². The minimum absolute atomic E-state index is 0.0200. The summed E-state index contributed by atoms with van der Waals surface area (Å²) in [5, 5.41) is 3.73. The third-order valence-electron chi connectivity index (χ3n) is 5.63. The van der Waals surface area contributed by atoms with Crippen molar-refractivity contribution in [2.75, 3.05) is 31.1 Å². The lowest BCUT2D eigenvalue weighted by Crippen LogP contribution is -2.40. The molecule has 9 heteroatoms. The van der Waals surface area contributed by atoms with Crippen molar-refractivity contribution in [3.05, 3.63) is 41.9 Å². The third-order valence-corrected chi connectivity index (χ3v) is 5.63. The molecule has 2 aromatic rings. The van der Waals surface area contributed by atoms with Gasteiger partial charge in [-0.15, -0.1) is 0 Å². The number of nitrogens with zero attached hydrogens (tertiary/aromatic N) is 5. The van der Waals surface area contributed by atoms with Gasteiger partial charge in [0.25, 0.3) is 5.91 Å². The zero-order valence-corrected chi connectivity index (χ0v) is 16.1. The number of rotatable bonds is 3. The number of carbonyl (C=O) groups excluding carboxylic acids is 1. The number of hydrogen-bond donors (Lipinski definition) is 0. The van der Waals surface area contributed by atoms with Gasteiger partial charge < -0.3 is 9.80 Å². The maximum atomic E-state index is 13.0. The number of alkyl halides is 3. The van der Waals surface area contributed by atoms with E-state index in [1.807, 2.05) is 9.80 Å². The van der Waals surface area contributed by atoms with Gasteiger partial charge in [-0.25, -0.2) is 4.98 Å². The van der Waals surface area contributed by atoms with Crippen molar-refractivity contribution >= 4 is 11.7 Å². The fourth-order valence-corrected chi connectivity index (χ4v) is 4.14. The number of carbonyl (C=O) groups is 1. The number of likely N-dealkylation sites (tertiary alicyclic amines) is 1. The zero-order valence-electron chi connectivity index (χ0n) is 16.1. The molecule has 1 atom stereocenters. The summed E-state index contributed by atoms with van der Waals surface area (Å²) < 4.78 is 40.1. The topological polar surface area (TPSA) is 54.3 Å². The van der Waals surface area contributed by atoms with E-state index in [-0.39, 0.29) is 11.9 Å². The summed E-state index contributed by atoms with van der Waals surface area (Å²) >= 11 is 0. The Morgan fingerprint density at radius 2 is 1.86 bits per heavy atom. The number of aromatic nitrogens is 3. The number of halogens is 3. The van der Waals surface area contributed by atoms with E-state index in [4.69, 9.17) is 0 Å². The van der Waals surface area contributed by atoms with Crippen LogP contribution in [-0.4, -0.2) is 51.8 Å². The quantitative estimate of drug-likeness (QED) is 0.777. The second-order valence-corrected chi connectivity index (χ2v) is 7.65. The highest BCUT2D eigenvalue weighted by Gasteiger charge is 2.35. The summed E-state index contributed by atoms with van der Waals surface area (Å²) in [6.07, 6.45) is 3.27. The van der Waals surface area contributed by atoms with Crippen LogP contribution in [-0.2, 0) is 6.18 Å². The first-order valence-electron chi connectivity index (χ1n) is 10.0. The highest BCUT2D eigenvalue weighted by molar-refractivity contribution is 5.99. The van der Waals surface area contributed by atoms with Crippen LogP contribution < -0.4 is 4.90 Å². The summed E-state index contributed by atoms with van der Waals surface area (Å²) in [7, 11) is 0. The van der Waals surface area contributed by atoms with Crippen molar-refractivity contribution in [1.82, 2.24) is 19.7 Å². The fourth-order valence-electron chi connectivity index (χ4n) is 4.14. The van der Waals surface area contributed by atoms with Gasteiger partial charge in [-0.05, 0) is 50.3 Å². The largest absolute Gasteiger partial charge is 0.435 e. The maximum Gasteiger partial charge on any atom is 0.435 e. The van der Waals surface area contributed by atoms with Crippen LogP contribution in [0.15, 0.2) is 30.6 Å². The first kappa shape index (κ1) is 19.7. The molecule has 2 saturated heterocycles. The number of hydrogen-bond acceptors (Lipinski definition) is 4. The van der Waals surface area contributed by atoms with Crippen molar-refractivity contribution in [3.63, 3.8) is 0 Å². The molecule has 6 nitrogen and oxygen atoms in total. The molecular formula is C20H24F3N5O. The molecule has 156 valence electrons. The predicted molar refractivity (Wildman–Crippen MR) is 102 cm³/mol. The van der Waals surface area contributed by atoms with E-state index >= 15 is 0 Å². The molecular weight excluding hydrogens is 383 g/mol. The molecule has 0 spiro atoms. The zero-order chi connectivity index (χ0) is 20.4. The average Bonchev–Trinajstić information content (AvgIpc) is 3.25. The van der Waals surface area contributed by atoms with Crippen LogP contribution in [0.3, 0.4) is 0 Å². The summed E-state index contributed by atoms with van der Waals surface area (Å²) in [6, 6.07) is 4.36. The molecule has 0 bridgehead atoms. The van der Waals surface area contributed by atoms with Crippen molar-refractivity contribution in [2.45, 2.75) is 44.3 Å². The Balaban J connectivity index is 1.54. The lowest BCUT2D eigenvalue weighted by molar-refractivity contribution is -0.141. The molecule has 1 unspecified atom stereocenters. The monoisotopic (exact) mass is 407 g/mol. The molecule has 0 saturated carbocycles. The molecule has 0 radical (unpaired) electrons. The normalized spacial score (nSPS) is 20.7. The van der Waals surface area contributed by atoms with Crippen LogP contribution in [0.2, 0.25) is 0 Å². The molecule has 2 aromatic heterocycles. The molecule has 0 aliphatic carbocycles. The minimum Gasteiger partial charge on any atom is -0.354 e. The average molecular weight is 407 g/mol. The summed E-state index contributed by atoms with van der Waals surface area (Å²) in [5.41, 5.74) is -0.320. The second kappa shape index (κ2) is 8.04. The van der Waals surface area contributed by atoms with E-state index in [1.165, 1.54) is 10.9 Å². The highest BCUT2D eigenvalue weighted by Crippen LogP contribution is 2.31. The van der Waals surface area contributed by atoms with Crippen molar-refractivity contribution < 1.29 is 18.0 Å². The summed E-state index contributed by atoms with van der Waals surface area (Å²) in [5.74, 6) is 0.587. The van der Waals surface area contributed by atoms with Gasteiger partial charge in [0, 0.05) is 38.6 Å². The molecule has 2 aliphatic rings. The second-order valence-electron chi connectivity index (χ2n) is 7.65. The predicted octanol–water partition coefficient (Wildman–Crippen LogP) is 3.76. The molecule has 0 aromatic carbocycles. The molecule has 2 fully saturated rings. The van der Waals surface area contributed by atoms with E-state index in [2.05, 4.69) is 10.1 Å². The van der Waals surface area contributed by atoms with Gasteiger partial charge in [-0.1, -0.05) is 0 Å². The van der Waals surface area contributed by atoms with Crippen molar-refractivity contribution in [3.8, 4) is 0 Å². The third kappa shape index (κ3) is 4.23. The van der Waals surface area contributed by atoms with Gasteiger partial charge in [0.2, 0.25) is 0 Å². The number of piperidine rings is 2. The van der Waals surface area contributed by atoms with E-state index in [1.54, 1.807) is 18.3 Å². The number of pyridine rings is 1. The Morgan fingerprint density at radius 3 is 2.59 bits per heavy atom. The van der Waals surface area contributed by atoms with Crippen LogP contribution in [0.5, 0.6) is 0 Å². The Labute approximate surface area is 167 Å². The molecule has 2 aliphatic heterocycles. The van der Waals surface area contributed by atoms with Gasteiger partial charge >= 0.3 is 6.18 Å². The fraction of sp³-hybridized carbons (Fsp3) is 0.550. The van der Waals surface area contributed by atoms with E-state index in [0.29, 0.717) is 24.5 Å². The molecule has 4 heterocycles. The Morgan fingerprint density at radius 1 is 1.07 bits per heavy atom. The standard InChI is InChI=1S/C20H24F3N5O/c21-20(22,23)17-8-13-28(25-17)15-6-5-12-27(14-15)18-16(7-4-9-24-18)19(29)26-10-2-1-3-11-26/h4,7-9,13,15H,1-3,5-6,10-12,14H2. The first-order chi connectivity index (χ1) is 13.9. The van der Waals surface area contributed by atoms with Gasteiger partial charge in [-0.3, -0.25) is 9.48 Å². The van der Waals surface area contributed by atoms with Crippen LogP contribution in [0.25, 0.3) is 0 Å². The van der Waals surface area contributed by atoms with E-state index in [0.717, 1.165) is 51.3 Å². The lowest BCUT2D eigenvalue weighted by Gasteiger charge is -2.35. The molecule has 1 amide bonds. The smallest absolute Gasteiger partial charge is 0.354 e. The SMILES string of the molecule is O=C(c1cccnc1N1CCCC(n2ccc(C(F)(F)F)n2)C1)N1CCCCC1. The van der Waals surface area contributed by atoms with Gasteiger partial charge in [0.15, 0.2) is 5.69 Å².